The molecule has 0 saturated carbocycles. The number of aromatic nitrogens is 1. The maximum absolute atomic E-state index is 12.1. The van der Waals surface area contributed by atoms with Crippen LogP contribution < -0.4 is 0 Å². The Labute approximate surface area is 114 Å². The first-order valence-corrected chi connectivity index (χ1v) is 6.26. The molecule has 1 fully saturated rings. The summed E-state index contributed by atoms with van der Waals surface area (Å²) >= 11 is 0. The van der Waals surface area contributed by atoms with Gasteiger partial charge in [-0.3, -0.25) is 19.5 Å². The van der Waals surface area contributed by atoms with Crippen LogP contribution in [-0.2, 0) is 9.53 Å². The normalized spacial score (nSPS) is 25.1. The van der Waals surface area contributed by atoms with E-state index in [1.165, 1.54) is 18.5 Å². The lowest BCUT2D eigenvalue weighted by Crippen LogP contribution is -2.37. The summed E-state index contributed by atoms with van der Waals surface area (Å²) in [6.07, 6.45) is 2.46. The molecule has 2 amide bonds. The summed E-state index contributed by atoms with van der Waals surface area (Å²) < 4.78 is 5.32. The number of hydrogen-bond donors (Lipinski definition) is 1. The molecule has 2 atom stereocenters. The molecular formula is C13H12N2O5. The monoisotopic (exact) mass is 276 g/mol. The molecule has 1 saturated heterocycles. The van der Waals surface area contributed by atoms with Crippen LogP contribution in [0.1, 0.15) is 33.6 Å². The van der Waals surface area contributed by atoms with Crippen LogP contribution in [0.5, 0.6) is 0 Å². The molecule has 0 aliphatic carbocycles. The highest BCUT2D eigenvalue weighted by Gasteiger charge is 2.39. The summed E-state index contributed by atoms with van der Waals surface area (Å²) in [5, 5.41) is 8.86. The molecule has 0 radical (unpaired) electrons. The molecule has 0 bridgehead atoms. The van der Waals surface area contributed by atoms with Crippen molar-refractivity contribution < 1.29 is 24.2 Å². The fourth-order valence-electron chi connectivity index (χ4n) is 2.53. The number of nitrogens with zero attached hydrogens (tertiary/aromatic N) is 2. The quantitative estimate of drug-likeness (QED) is 0.798. The van der Waals surface area contributed by atoms with Gasteiger partial charge in [-0.1, -0.05) is 0 Å². The summed E-state index contributed by atoms with van der Waals surface area (Å²) in [6, 6.07) is 1.51. The van der Waals surface area contributed by atoms with E-state index in [-0.39, 0.29) is 18.0 Å². The number of amides is 2. The molecule has 2 unspecified atom stereocenters. The standard InChI is InChI=1S/C13H12N2O5/c16-11-8-3-4-14-5-9(8)12(17)15(11)6-7-1-2-10(20-7)13(18)19/h3-5,7,10H,1-2,6H2,(H,18,19). The van der Waals surface area contributed by atoms with Gasteiger partial charge in [-0.25, -0.2) is 4.79 Å². The van der Waals surface area contributed by atoms with Crippen molar-refractivity contribution in [3.05, 3.63) is 29.6 Å². The predicted molar refractivity (Wildman–Crippen MR) is 65.1 cm³/mol. The molecule has 0 spiro atoms. The van der Waals surface area contributed by atoms with E-state index in [4.69, 9.17) is 9.84 Å². The number of aliphatic carboxylic acids is 1. The van der Waals surface area contributed by atoms with Crippen molar-refractivity contribution in [1.82, 2.24) is 9.88 Å². The lowest BCUT2D eigenvalue weighted by molar-refractivity contribution is -0.149. The van der Waals surface area contributed by atoms with Crippen LogP contribution >= 0.6 is 0 Å². The number of carboxylic acid groups (broad SMARTS) is 1. The highest BCUT2D eigenvalue weighted by atomic mass is 16.5. The minimum absolute atomic E-state index is 0.0795. The summed E-state index contributed by atoms with van der Waals surface area (Å²) in [7, 11) is 0. The average Bonchev–Trinajstić information content (AvgIpc) is 3.00. The van der Waals surface area contributed by atoms with Gasteiger partial charge in [-0.05, 0) is 18.9 Å². The minimum Gasteiger partial charge on any atom is -0.479 e. The van der Waals surface area contributed by atoms with E-state index in [2.05, 4.69) is 4.98 Å². The van der Waals surface area contributed by atoms with Crippen molar-refractivity contribution in [2.24, 2.45) is 0 Å². The number of carbonyl (C=O) groups is 3. The zero-order valence-corrected chi connectivity index (χ0v) is 10.5. The van der Waals surface area contributed by atoms with E-state index >= 15 is 0 Å². The van der Waals surface area contributed by atoms with Crippen molar-refractivity contribution in [2.45, 2.75) is 25.0 Å². The van der Waals surface area contributed by atoms with E-state index in [0.717, 1.165) is 4.90 Å². The molecule has 2 aliphatic heterocycles. The fraction of sp³-hybridized carbons (Fsp3) is 0.385. The molecule has 1 N–H and O–H groups in total. The van der Waals surface area contributed by atoms with Crippen LogP contribution in [0.3, 0.4) is 0 Å². The van der Waals surface area contributed by atoms with Gasteiger partial charge in [0.1, 0.15) is 0 Å². The second-order valence-electron chi connectivity index (χ2n) is 4.80. The molecule has 7 nitrogen and oxygen atoms in total. The molecule has 1 aromatic rings. The number of fused-ring (bicyclic) bond motifs is 1. The third kappa shape index (κ3) is 1.96. The van der Waals surface area contributed by atoms with Gasteiger partial charge < -0.3 is 9.84 Å². The number of hydrogen-bond acceptors (Lipinski definition) is 5. The third-order valence-electron chi connectivity index (χ3n) is 3.54. The predicted octanol–water partition coefficient (Wildman–Crippen LogP) is 0.310. The first kappa shape index (κ1) is 12.7. The van der Waals surface area contributed by atoms with E-state index in [9.17, 15) is 14.4 Å². The topological polar surface area (TPSA) is 96.8 Å². The Bertz CT molecular complexity index is 565. The van der Waals surface area contributed by atoms with Crippen LogP contribution in [0, 0.1) is 0 Å². The SMILES string of the molecule is O=C(O)C1CCC(CN2C(=O)c3ccncc3C2=O)O1. The zero-order valence-electron chi connectivity index (χ0n) is 10.5. The van der Waals surface area contributed by atoms with Crippen molar-refractivity contribution in [2.75, 3.05) is 6.54 Å². The number of pyridine rings is 1. The molecular weight excluding hydrogens is 264 g/mol. The molecule has 7 heteroatoms. The van der Waals surface area contributed by atoms with Crippen LogP contribution in [0.25, 0.3) is 0 Å². The summed E-state index contributed by atoms with van der Waals surface area (Å²) in [5.41, 5.74) is 0.614. The van der Waals surface area contributed by atoms with E-state index in [1.54, 1.807) is 0 Å². The first-order valence-electron chi connectivity index (χ1n) is 6.26. The fourth-order valence-corrected chi connectivity index (χ4v) is 2.53. The lowest BCUT2D eigenvalue weighted by Gasteiger charge is -2.18. The maximum Gasteiger partial charge on any atom is 0.332 e. The maximum atomic E-state index is 12.1. The minimum atomic E-state index is -1.01. The Morgan fingerprint density at radius 3 is 2.75 bits per heavy atom. The number of carbonyl (C=O) groups excluding carboxylic acids is 2. The highest BCUT2D eigenvalue weighted by Crippen LogP contribution is 2.26. The average molecular weight is 276 g/mol. The molecule has 1 aromatic heterocycles. The van der Waals surface area contributed by atoms with Gasteiger partial charge in [0.2, 0.25) is 0 Å². The molecule has 3 rings (SSSR count). The zero-order chi connectivity index (χ0) is 14.3. The number of rotatable bonds is 3. The van der Waals surface area contributed by atoms with Gasteiger partial charge in [0, 0.05) is 12.4 Å². The molecule has 20 heavy (non-hydrogen) atoms. The Balaban J connectivity index is 1.73. The van der Waals surface area contributed by atoms with Crippen molar-refractivity contribution >= 4 is 17.8 Å². The van der Waals surface area contributed by atoms with E-state index in [0.29, 0.717) is 18.4 Å². The van der Waals surface area contributed by atoms with Crippen molar-refractivity contribution in [3.63, 3.8) is 0 Å². The van der Waals surface area contributed by atoms with Gasteiger partial charge in [-0.15, -0.1) is 0 Å². The highest BCUT2D eigenvalue weighted by molar-refractivity contribution is 6.21. The second-order valence-corrected chi connectivity index (χ2v) is 4.80. The van der Waals surface area contributed by atoms with Gasteiger partial charge in [0.25, 0.3) is 11.8 Å². The van der Waals surface area contributed by atoms with E-state index in [1.807, 2.05) is 0 Å². The molecule has 104 valence electrons. The Morgan fingerprint density at radius 1 is 1.35 bits per heavy atom. The number of imide groups is 1. The Morgan fingerprint density at radius 2 is 2.10 bits per heavy atom. The lowest BCUT2D eigenvalue weighted by atomic mass is 10.2. The smallest absolute Gasteiger partial charge is 0.332 e. The summed E-state index contributed by atoms with van der Waals surface area (Å²) in [5.74, 6) is -1.80. The summed E-state index contributed by atoms with van der Waals surface area (Å²) in [6.45, 7) is 0.0795. The first-order chi connectivity index (χ1) is 9.58. The van der Waals surface area contributed by atoms with Crippen LogP contribution in [-0.4, -0.2) is 51.5 Å². The van der Waals surface area contributed by atoms with Gasteiger partial charge in [0.15, 0.2) is 6.10 Å². The second kappa shape index (κ2) is 4.68. The molecule has 2 aliphatic rings. The number of carboxylic acids is 1. The molecule has 0 aromatic carbocycles. The van der Waals surface area contributed by atoms with Crippen LogP contribution in [0.15, 0.2) is 18.5 Å². The van der Waals surface area contributed by atoms with E-state index < -0.39 is 24.1 Å². The van der Waals surface area contributed by atoms with Gasteiger partial charge in [-0.2, -0.15) is 0 Å². The third-order valence-corrected chi connectivity index (χ3v) is 3.54. The van der Waals surface area contributed by atoms with Crippen molar-refractivity contribution in [3.8, 4) is 0 Å². The largest absolute Gasteiger partial charge is 0.479 e. The molecule has 3 heterocycles. The van der Waals surface area contributed by atoms with Gasteiger partial charge in [0.05, 0.1) is 23.8 Å². The van der Waals surface area contributed by atoms with Crippen molar-refractivity contribution in [1.29, 1.82) is 0 Å². The number of ether oxygens (including phenoxy) is 1. The van der Waals surface area contributed by atoms with Crippen LogP contribution in [0.4, 0.5) is 0 Å². The summed E-state index contributed by atoms with van der Waals surface area (Å²) in [4.78, 5) is 40.0. The van der Waals surface area contributed by atoms with Gasteiger partial charge >= 0.3 is 5.97 Å². The Hall–Kier alpha value is -2.28. The Kier molecular flexibility index (Phi) is 2.98. The van der Waals surface area contributed by atoms with Crippen LogP contribution in [0.2, 0.25) is 0 Å².